The summed E-state index contributed by atoms with van der Waals surface area (Å²) in [6, 6.07) is 12.2. The zero-order valence-corrected chi connectivity index (χ0v) is 15.9. The number of hydrogen-bond donors (Lipinski definition) is 2. The molecule has 0 atom stereocenters. The molecule has 7 heteroatoms. The van der Waals surface area contributed by atoms with Crippen LogP contribution >= 0.6 is 0 Å². The molecule has 0 saturated heterocycles. The molecule has 29 heavy (non-hydrogen) atoms. The van der Waals surface area contributed by atoms with Crippen molar-refractivity contribution in [3.63, 3.8) is 0 Å². The van der Waals surface area contributed by atoms with Crippen molar-refractivity contribution in [3.05, 3.63) is 64.7 Å². The zero-order chi connectivity index (χ0) is 20.2. The van der Waals surface area contributed by atoms with Crippen LogP contribution in [-0.4, -0.2) is 29.1 Å². The number of nitrogens with zero attached hydrogens (tertiary/aromatic N) is 3. The molecule has 0 aromatic heterocycles. The smallest absolute Gasteiger partial charge is 0.220 e. The van der Waals surface area contributed by atoms with E-state index >= 15 is 0 Å². The van der Waals surface area contributed by atoms with Crippen LogP contribution in [0.15, 0.2) is 52.4 Å². The minimum Gasteiger partial charge on any atom is -0.369 e. The number of carbonyl (C=O) groups is 2. The fraction of sp³-hybridized carbons (Fsp3) is 0.273. The third kappa shape index (κ3) is 2.50. The molecule has 0 bridgehead atoms. The Hall–Kier alpha value is -3.48. The maximum Gasteiger partial charge on any atom is 0.220 e. The molecule has 5 rings (SSSR count). The minimum absolute atomic E-state index is 0.151. The molecule has 1 aliphatic heterocycles. The highest BCUT2D eigenvalue weighted by molar-refractivity contribution is 6.30. The summed E-state index contributed by atoms with van der Waals surface area (Å²) >= 11 is 0. The number of guanidine groups is 2. The molecule has 4 N–H and O–H groups in total. The van der Waals surface area contributed by atoms with E-state index in [0.717, 1.165) is 32.1 Å². The van der Waals surface area contributed by atoms with Gasteiger partial charge in [-0.25, -0.2) is 4.99 Å². The molecule has 1 spiro atoms. The van der Waals surface area contributed by atoms with E-state index in [1.54, 1.807) is 36.4 Å². The van der Waals surface area contributed by atoms with Gasteiger partial charge in [0.15, 0.2) is 11.6 Å². The predicted molar refractivity (Wildman–Crippen MR) is 111 cm³/mol. The fourth-order valence-electron chi connectivity index (χ4n) is 4.78. The zero-order valence-electron chi connectivity index (χ0n) is 15.9. The lowest BCUT2D eigenvalue weighted by molar-refractivity contribution is 0.0979. The third-order valence-corrected chi connectivity index (χ3v) is 6.02. The number of rotatable bonds is 1. The van der Waals surface area contributed by atoms with Crippen LogP contribution in [0.25, 0.3) is 0 Å². The molecule has 0 radical (unpaired) electrons. The van der Waals surface area contributed by atoms with Crippen LogP contribution in [0, 0.1) is 0 Å². The highest BCUT2D eigenvalue weighted by Gasteiger charge is 2.45. The van der Waals surface area contributed by atoms with E-state index in [1.807, 2.05) is 11.0 Å². The second kappa shape index (κ2) is 6.27. The molecule has 7 nitrogen and oxygen atoms in total. The van der Waals surface area contributed by atoms with Gasteiger partial charge in [0.2, 0.25) is 11.9 Å². The number of benzene rings is 2. The van der Waals surface area contributed by atoms with Crippen LogP contribution < -0.4 is 16.4 Å². The first-order chi connectivity index (χ1) is 14.0. The predicted octanol–water partition coefficient (Wildman–Crippen LogP) is 2.57. The first kappa shape index (κ1) is 17.6. The molecule has 2 aromatic carbocycles. The van der Waals surface area contributed by atoms with Crippen molar-refractivity contribution in [2.45, 2.75) is 37.8 Å². The number of carbonyl (C=O) groups excluding carboxylic acids is 2. The number of aliphatic imine (C=N–C) groups is 2. The van der Waals surface area contributed by atoms with Gasteiger partial charge in [-0.2, -0.15) is 4.99 Å². The Morgan fingerprint density at radius 3 is 2.21 bits per heavy atom. The molecule has 3 aliphatic rings. The first-order valence-electron chi connectivity index (χ1n) is 9.83. The van der Waals surface area contributed by atoms with Crippen molar-refractivity contribution in [2.75, 3.05) is 4.90 Å². The summed E-state index contributed by atoms with van der Waals surface area (Å²) in [5.74, 6) is 0.00229. The van der Waals surface area contributed by atoms with Crippen LogP contribution in [0.5, 0.6) is 0 Å². The van der Waals surface area contributed by atoms with E-state index in [1.165, 1.54) is 0 Å². The van der Waals surface area contributed by atoms with Gasteiger partial charge in [-0.15, -0.1) is 0 Å². The van der Waals surface area contributed by atoms with Gasteiger partial charge in [-0.1, -0.05) is 42.8 Å². The Labute approximate surface area is 168 Å². The quantitative estimate of drug-likeness (QED) is 0.666. The van der Waals surface area contributed by atoms with Crippen molar-refractivity contribution in [1.29, 1.82) is 0 Å². The van der Waals surface area contributed by atoms with Gasteiger partial charge in [-0.3, -0.25) is 14.5 Å². The highest BCUT2D eigenvalue weighted by Crippen LogP contribution is 2.42. The monoisotopic (exact) mass is 387 g/mol. The summed E-state index contributed by atoms with van der Waals surface area (Å²) in [5.41, 5.74) is 13.8. The van der Waals surface area contributed by atoms with Crippen molar-refractivity contribution in [2.24, 2.45) is 21.5 Å². The first-order valence-corrected chi connectivity index (χ1v) is 9.83. The SMILES string of the molecule is NC1=NC2(CCCCC2)N(c2cccc3c2C(=O)c2ccccc2C3=O)C(N)=N1. The number of fused-ring (bicyclic) bond motifs is 2. The number of nitrogens with two attached hydrogens (primary N) is 2. The van der Waals surface area contributed by atoms with E-state index in [2.05, 4.69) is 9.98 Å². The lowest BCUT2D eigenvalue weighted by Crippen LogP contribution is -2.58. The number of ketones is 2. The molecule has 2 aromatic rings. The van der Waals surface area contributed by atoms with Crippen LogP contribution in [0.4, 0.5) is 5.69 Å². The maximum absolute atomic E-state index is 13.4. The van der Waals surface area contributed by atoms with Crippen LogP contribution in [-0.2, 0) is 0 Å². The number of hydrogen-bond acceptors (Lipinski definition) is 7. The summed E-state index contributed by atoms with van der Waals surface area (Å²) < 4.78 is 0. The van der Waals surface area contributed by atoms with Crippen molar-refractivity contribution in [3.8, 4) is 0 Å². The molecule has 1 fully saturated rings. The van der Waals surface area contributed by atoms with Crippen LogP contribution in [0.1, 0.15) is 63.9 Å². The van der Waals surface area contributed by atoms with E-state index in [9.17, 15) is 9.59 Å². The van der Waals surface area contributed by atoms with Crippen molar-refractivity contribution >= 4 is 29.2 Å². The Bertz CT molecular complexity index is 1110. The molecular formula is C22H21N5O2. The molecule has 1 saturated carbocycles. The molecule has 0 unspecified atom stereocenters. The Morgan fingerprint density at radius 1 is 0.828 bits per heavy atom. The Kier molecular flexibility index (Phi) is 3.81. The molecule has 146 valence electrons. The molecule has 1 heterocycles. The molecule has 0 amide bonds. The Morgan fingerprint density at radius 2 is 1.48 bits per heavy atom. The Balaban J connectivity index is 1.73. The summed E-state index contributed by atoms with van der Waals surface area (Å²) in [6.45, 7) is 0. The van der Waals surface area contributed by atoms with E-state index in [4.69, 9.17) is 11.5 Å². The van der Waals surface area contributed by atoms with E-state index in [0.29, 0.717) is 27.9 Å². The normalized spacial score (nSPS) is 20.1. The van der Waals surface area contributed by atoms with E-state index in [-0.39, 0.29) is 23.5 Å². The van der Waals surface area contributed by atoms with Crippen molar-refractivity contribution < 1.29 is 9.59 Å². The van der Waals surface area contributed by atoms with Crippen LogP contribution in [0.3, 0.4) is 0 Å². The summed E-state index contributed by atoms with van der Waals surface area (Å²) in [7, 11) is 0. The minimum atomic E-state index is -0.677. The summed E-state index contributed by atoms with van der Waals surface area (Å²) in [4.78, 5) is 37.2. The highest BCUT2D eigenvalue weighted by atomic mass is 16.1. The second-order valence-corrected chi connectivity index (χ2v) is 7.72. The maximum atomic E-state index is 13.4. The standard InChI is InChI=1S/C22H21N5O2/c23-20-25-21(24)27(22(26-20)11-4-1-5-12-22)16-10-6-9-15-17(16)19(29)14-8-3-2-7-13(14)18(15)28/h2-3,6-10H,1,4-5,11-12H2,(H4,23,24,25,26). The van der Waals surface area contributed by atoms with Gasteiger partial charge in [0.1, 0.15) is 5.66 Å². The molecular weight excluding hydrogens is 366 g/mol. The van der Waals surface area contributed by atoms with Gasteiger partial charge < -0.3 is 11.5 Å². The van der Waals surface area contributed by atoms with Gasteiger partial charge in [0, 0.05) is 16.7 Å². The van der Waals surface area contributed by atoms with Crippen molar-refractivity contribution in [1.82, 2.24) is 0 Å². The fourth-order valence-corrected chi connectivity index (χ4v) is 4.78. The largest absolute Gasteiger partial charge is 0.369 e. The van der Waals surface area contributed by atoms with Gasteiger partial charge in [0.25, 0.3) is 0 Å². The number of anilines is 1. The summed E-state index contributed by atoms with van der Waals surface area (Å²) in [6.07, 6.45) is 4.58. The van der Waals surface area contributed by atoms with Gasteiger partial charge in [0.05, 0.1) is 11.3 Å². The second-order valence-electron chi connectivity index (χ2n) is 7.72. The third-order valence-electron chi connectivity index (χ3n) is 6.02. The van der Waals surface area contributed by atoms with Crippen LogP contribution in [0.2, 0.25) is 0 Å². The van der Waals surface area contributed by atoms with Gasteiger partial charge >= 0.3 is 0 Å². The van der Waals surface area contributed by atoms with E-state index < -0.39 is 5.66 Å². The topological polar surface area (TPSA) is 114 Å². The lowest BCUT2D eigenvalue weighted by Gasteiger charge is -2.46. The van der Waals surface area contributed by atoms with Gasteiger partial charge in [-0.05, 0) is 31.7 Å². The average Bonchev–Trinajstić information content (AvgIpc) is 2.72. The average molecular weight is 387 g/mol. The summed E-state index contributed by atoms with van der Waals surface area (Å²) in [5, 5.41) is 0. The lowest BCUT2D eigenvalue weighted by atomic mass is 9.81. The molecule has 2 aliphatic carbocycles.